The molecule has 0 unspecified atom stereocenters. The molecule has 2 aromatic carbocycles. The van der Waals surface area contributed by atoms with Crippen LogP contribution in [-0.2, 0) is 0 Å². The number of urea groups is 1. The molecule has 0 radical (unpaired) electrons. The second-order valence-corrected chi connectivity index (χ2v) is 5.34. The van der Waals surface area contributed by atoms with Crippen LogP contribution in [0.15, 0.2) is 46.9 Å². The van der Waals surface area contributed by atoms with E-state index in [1.165, 1.54) is 0 Å². The Morgan fingerprint density at radius 1 is 1.00 bits per heavy atom. The van der Waals surface area contributed by atoms with Crippen molar-refractivity contribution >= 4 is 39.2 Å². The number of rotatable bonds is 3. The molecule has 2 rings (SSSR count). The molecule has 21 heavy (non-hydrogen) atoms. The molecule has 0 heterocycles. The Morgan fingerprint density at radius 2 is 1.57 bits per heavy atom. The number of nitrogens with one attached hydrogen (secondary N) is 2. The van der Waals surface area contributed by atoms with Crippen molar-refractivity contribution in [1.82, 2.24) is 0 Å². The highest BCUT2D eigenvalue weighted by Crippen LogP contribution is 2.19. The van der Waals surface area contributed by atoms with Gasteiger partial charge >= 0.3 is 6.03 Å². The van der Waals surface area contributed by atoms with Crippen LogP contribution in [0.2, 0.25) is 0 Å². The van der Waals surface area contributed by atoms with E-state index in [1.54, 1.807) is 36.4 Å². The zero-order valence-corrected chi connectivity index (χ0v) is 12.9. The van der Waals surface area contributed by atoms with Gasteiger partial charge in [0, 0.05) is 21.4 Å². The van der Waals surface area contributed by atoms with Gasteiger partial charge in [0.05, 0.1) is 0 Å². The fourth-order valence-corrected chi connectivity index (χ4v) is 2.10. The average Bonchev–Trinajstić information content (AvgIpc) is 2.43. The standard InChI is InChI=1S/C15H14BrN3O2/c1-9-2-3-10(8-13(9)16)14(20)18-11-4-6-12(7-5-11)19-15(17)21/h2-8H,1H3,(H,18,20)(H3,17,19,21). The molecular weight excluding hydrogens is 334 g/mol. The van der Waals surface area contributed by atoms with Crippen molar-refractivity contribution in [1.29, 1.82) is 0 Å². The molecule has 0 fully saturated rings. The molecule has 0 aliphatic carbocycles. The van der Waals surface area contributed by atoms with Gasteiger partial charge < -0.3 is 16.4 Å². The number of amides is 3. The highest BCUT2D eigenvalue weighted by molar-refractivity contribution is 9.10. The van der Waals surface area contributed by atoms with E-state index < -0.39 is 6.03 Å². The molecule has 6 heteroatoms. The largest absolute Gasteiger partial charge is 0.351 e. The molecule has 4 N–H and O–H groups in total. The molecular formula is C15H14BrN3O2. The molecule has 0 atom stereocenters. The molecule has 0 aromatic heterocycles. The van der Waals surface area contributed by atoms with Gasteiger partial charge in [-0.2, -0.15) is 0 Å². The second kappa shape index (κ2) is 6.41. The molecule has 0 bridgehead atoms. The van der Waals surface area contributed by atoms with E-state index >= 15 is 0 Å². The van der Waals surface area contributed by atoms with E-state index in [4.69, 9.17) is 5.73 Å². The van der Waals surface area contributed by atoms with Crippen molar-refractivity contribution < 1.29 is 9.59 Å². The molecule has 0 saturated carbocycles. The highest BCUT2D eigenvalue weighted by atomic mass is 79.9. The lowest BCUT2D eigenvalue weighted by atomic mass is 10.1. The number of primary amides is 1. The van der Waals surface area contributed by atoms with Crippen molar-refractivity contribution in [2.24, 2.45) is 5.73 Å². The van der Waals surface area contributed by atoms with Gasteiger partial charge in [0.15, 0.2) is 0 Å². The smallest absolute Gasteiger partial charge is 0.316 e. The third kappa shape index (κ3) is 4.06. The molecule has 0 aliphatic heterocycles. The predicted molar refractivity (Wildman–Crippen MR) is 86.5 cm³/mol. The zero-order valence-electron chi connectivity index (χ0n) is 11.3. The van der Waals surface area contributed by atoms with Gasteiger partial charge in [-0.3, -0.25) is 4.79 Å². The minimum atomic E-state index is -0.628. The SMILES string of the molecule is Cc1ccc(C(=O)Nc2ccc(NC(N)=O)cc2)cc1Br. The van der Waals surface area contributed by atoms with Crippen LogP contribution in [0.5, 0.6) is 0 Å². The Kier molecular flexibility index (Phi) is 4.59. The number of carbonyl (C=O) groups excluding carboxylic acids is 2. The lowest BCUT2D eigenvalue weighted by Gasteiger charge is -2.08. The molecule has 2 aromatic rings. The normalized spacial score (nSPS) is 10.0. The van der Waals surface area contributed by atoms with Crippen molar-refractivity contribution in [3.63, 3.8) is 0 Å². The van der Waals surface area contributed by atoms with Gasteiger partial charge in [-0.1, -0.05) is 22.0 Å². The number of carbonyl (C=O) groups is 2. The van der Waals surface area contributed by atoms with Crippen molar-refractivity contribution in [3.8, 4) is 0 Å². The number of hydrogen-bond donors (Lipinski definition) is 3. The summed E-state index contributed by atoms with van der Waals surface area (Å²) in [5.74, 6) is -0.202. The van der Waals surface area contributed by atoms with Gasteiger partial charge in [-0.15, -0.1) is 0 Å². The van der Waals surface area contributed by atoms with Crippen LogP contribution < -0.4 is 16.4 Å². The van der Waals surface area contributed by atoms with Crippen LogP contribution in [0.1, 0.15) is 15.9 Å². The Labute approximate surface area is 130 Å². The average molecular weight is 348 g/mol. The van der Waals surface area contributed by atoms with Gasteiger partial charge in [-0.25, -0.2) is 4.79 Å². The predicted octanol–water partition coefficient (Wildman–Crippen LogP) is 3.50. The minimum Gasteiger partial charge on any atom is -0.351 e. The number of aryl methyl sites for hydroxylation is 1. The topological polar surface area (TPSA) is 84.2 Å². The van der Waals surface area contributed by atoms with Crippen LogP contribution in [0.25, 0.3) is 0 Å². The Balaban J connectivity index is 2.08. The van der Waals surface area contributed by atoms with Crippen LogP contribution >= 0.6 is 15.9 Å². The van der Waals surface area contributed by atoms with Gasteiger partial charge in [0.2, 0.25) is 0 Å². The summed E-state index contributed by atoms with van der Waals surface area (Å²) in [6.45, 7) is 1.95. The van der Waals surface area contributed by atoms with Crippen molar-refractivity contribution in [2.45, 2.75) is 6.92 Å². The fraction of sp³-hybridized carbons (Fsp3) is 0.0667. The number of anilines is 2. The van der Waals surface area contributed by atoms with Gasteiger partial charge in [-0.05, 0) is 48.9 Å². The van der Waals surface area contributed by atoms with E-state index in [-0.39, 0.29) is 5.91 Å². The first-order chi connectivity index (χ1) is 9.95. The van der Waals surface area contributed by atoms with E-state index in [0.717, 1.165) is 10.0 Å². The second-order valence-electron chi connectivity index (χ2n) is 4.48. The Hall–Kier alpha value is -2.34. The van der Waals surface area contributed by atoms with Crippen molar-refractivity contribution in [3.05, 3.63) is 58.1 Å². The van der Waals surface area contributed by atoms with E-state index in [1.807, 2.05) is 13.0 Å². The number of halogens is 1. The molecule has 3 amide bonds. The van der Waals surface area contributed by atoms with Crippen LogP contribution in [0, 0.1) is 6.92 Å². The highest BCUT2D eigenvalue weighted by Gasteiger charge is 2.07. The fourth-order valence-electron chi connectivity index (χ4n) is 1.72. The Bertz CT molecular complexity index is 684. The van der Waals surface area contributed by atoms with Gasteiger partial charge in [0.25, 0.3) is 5.91 Å². The monoisotopic (exact) mass is 347 g/mol. The summed E-state index contributed by atoms with van der Waals surface area (Å²) in [7, 11) is 0. The third-order valence-corrected chi connectivity index (χ3v) is 3.70. The molecule has 0 saturated heterocycles. The van der Waals surface area contributed by atoms with Crippen LogP contribution in [-0.4, -0.2) is 11.9 Å². The summed E-state index contributed by atoms with van der Waals surface area (Å²) >= 11 is 3.40. The summed E-state index contributed by atoms with van der Waals surface area (Å²) < 4.78 is 0.885. The Morgan fingerprint density at radius 3 is 2.10 bits per heavy atom. The number of benzene rings is 2. The van der Waals surface area contributed by atoms with E-state index in [0.29, 0.717) is 16.9 Å². The van der Waals surface area contributed by atoms with Gasteiger partial charge in [0.1, 0.15) is 0 Å². The third-order valence-electron chi connectivity index (χ3n) is 2.84. The first-order valence-corrected chi connectivity index (χ1v) is 6.99. The van der Waals surface area contributed by atoms with E-state index in [2.05, 4.69) is 26.6 Å². The van der Waals surface area contributed by atoms with Crippen molar-refractivity contribution in [2.75, 3.05) is 10.6 Å². The first kappa shape index (κ1) is 15.1. The first-order valence-electron chi connectivity index (χ1n) is 6.20. The van der Waals surface area contributed by atoms with E-state index in [9.17, 15) is 9.59 Å². The summed E-state index contributed by atoms with van der Waals surface area (Å²) in [6, 6.07) is 11.5. The zero-order chi connectivity index (χ0) is 15.4. The summed E-state index contributed by atoms with van der Waals surface area (Å²) in [5, 5.41) is 5.23. The molecule has 0 spiro atoms. The lowest BCUT2D eigenvalue weighted by Crippen LogP contribution is -2.19. The maximum absolute atomic E-state index is 12.1. The maximum Gasteiger partial charge on any atom is 0.316 e. The molecule has 108 valence electrons. The summed E-state index contributed by atoms with van der Waals surface area (Å²) in [6.07, 6.45) is 0. The lowest BCUT2D eigenvalue weighted by molar-refractivity contribution is 0.102. The van der Waals surface area contributed by atoms with Crippen LogP contribution in [0.4, 0.5) is 16.2 Å². The maximum atomic E-state index is 12.1. The molecule has 0 aliphatic rings. The minimum absolute atomic E-state index is 0.202. The number of hydrogen-bond acceptors (Lipinski definition) is 2. The number of nitrogens with two attached hydrogens (primary N) is 1. The quantitative estimate of drug-likeness (QED) is 0.793. The molecule has 5 nitrogen and oxygen atoms in total. The summed E-state index contributed by atoms with van der Waals surface area (Å²) in [5.41, 5.74) is 7.85. The summed E-state index contributed by atoms with van der Waals surface area (Å²) in [4.78, 5) is 22.8. The van der Waals surface area contributed by atoms with Crippen LogP contribution in [0.3, 0.4) is 0 Å².